The molecule has 7 nitrogen and oxygen atoms in total. The summed E-state index contributed by atoms with van der Waals surface area (Å²) in [5.74, 6) is -0.0375. The largest absolute Gasteiger partial charge is 0.418 e. The van der Waals surface area contributed by atoms with E-state index in [-0.39, 0.29) is 35.8 Å². The van der Waals surface area contributed by atoms with Crippen LogP contribution >= 0.6 is 0 Å². The van der Waals surface area contributed by atoms with E-state index in [2.05, 4.69) is 25.4 Å². The summed E-state index contributed by atoms with van der Waals surface area (Å²) in [5.41, 5.74) is 1.71. The van der Waals surface area contributed by atoms with Crippen molar-refractivity contribution in [2.24, 2.45) is 0 Å². The smallest absolute Gasteiger partial charge is 0.321 e. The van der Waals surface area contributed by atoms with Gasteiger partial charge in [0.25, 0.3) is 0 Å². The number of rotatable bonds is 8. The van der Waals surface area contributed by atoms with E-state index in [0.29, 0.717) is 21.5 Å². The van der Waals surface area contributed by atoms with Crippen molar-refractivity contribution >= 4 is 17.4 Å². The normalized spacial score (nSPS) is 11.6. The van der Waals surface area contributed by atoms with Gasteiger partial charge in [-0.3, -0.25) is 9.78 Å². The van der Waals surface area contributed by atoms with Crippen molar-refractivity contribution in [3.8, 4) is 11.1 Å². The van der Waals surface area contributed by atoms with Crippen molar-refractivity contribution in [2.75, 3.05) is 5.32 Å². The topological polar surface area (TPSA) is 85.6 Å². The van der Waals surface area contributed by atoms with E-state index < -0.39 is 18.3 Å². The third-order valence-electron chi connectivity index (χ3n) is 5.25. The summed E-state index contributed by atoms with van der Waals surface area (Å²) >= 11 is 0. The van der Waals surface area contributed by atoms with E-state index in [1.165, 1.54) is 19.3 Å². The van der Waals surface area contributed by atoms with E-state index in [0.717, 1.165) is 17.8 Å². The zero-order valence-electron chi connectivity index (χ0n) is 18.8. The maximum atomic E-state index is 13.1. The van der Waals surface area contributed by atoms with Gasteiger partial charge in [0.2, 0.25) is 5.95 Å². The first-order valence-electron chi connectivity index (χ1n) is 10.6. The molecule has 0 atom stereocenters. The van der Waals surface area contributed by atoms with Gasteiger partial charge in [-0.25, -0.2) is 14.6 Å². The average Bonchev–Trinajstić information content (AvgIpc) is 3.29. The number of anilines is 2. The highest BCUT2D eigenvalue weighted by Crippen LogP contribution is 2.31. The number of alkyl halides is 5. The molecule has 0 bridgehead atoms. The van der Waals surface area contributed by atoms with E-state index in [4.69, 9.17) is 0 Å². The minimum Gasteiger partial charge on any atom is -0.321 e. The molecule has 0 aliphatic heterocycles. The molecule has 0 aliphatic rings. The van der Waals surface area contributed by atoms with E-state index in [9.17, 15) is 26.7 Å². The maximum Gasteiger partial charge on any atom is 0.418 e. The number of ketones is 1. The number of halogens is 5. The van der Waals surface area contributed by atoms with Gasteiger partial charge in [0.15, 0.2) is 0 Å². The van der Waals surface area contributed by atoms with Gasteiger partial charge in [-0.2, -0.15) is 27.1 Å². The SMILES string of the molecule is Cc1ncc(CC(=O)Cc2ccc(-c3cnc(Nc4cnn(C(F)F)c4)nc3)cc2)cc1C(F)(F)F. The number of aromatic nitrogens is 5. The summed E-state index contributed by atoms with van der Waals surface area (Å²) in [5, 5.41) is 6.30. The van der Waals surface area contributed by atoms with Crippen LogP contribution in [0, 0.1) is 6.92 Å². The quantitative estimate of drug-likeness (QED) is 0.318. The Hall–Kier alpha value is -4.22. The molecule has 3 heterocycles. The van der Waals surface area contributed by atoms with Gasteiger partial charge in [0, 0.05) is 42.7 Å². The predicted octanol–water partition coefficient (Wildman–Crippen LogP) is 5.56. The van der Waals surface area contributed by atoms with Crippen molar-refractivity contribution in [3.63, 3.8) is 0 Å². The second kappa shape index (κ2) is 10.2. The molecule has 0 fully saturated rings. The van der Waals surface area contributed by atoms with Crippen LogP contribution in [-0.4, -0.2) is 30.5 Å². The fraction of sp³-hybridized carbons (Fsp3) is 0.208. The van der Waals surface area contributed by atoms with E-state index in [1.54, 1.807) is 36.7 Å². The number of carbonyl (C=O) groups is 1. The van der Waals surface area contributed by atoms with Crippen LogP contribution in [0.1, 0.15) is 28.9 Å². The molecular weight excluding hydrogens is 483 g/mol. The maximum absolute atomic E-state index is 13.1. The minimum atomic E-state index is -4.53. The second-order valence-electron chi connectivity index (χ2n) is 7.97. The standard InChI is InChI=1S/C24H19F5N6O/c1-14-21(24(27,28)29)8-16(9-30-14)7-20(36)6-15-2-4-17(5-3-15)18-10-31-23(32-11-18)34-19-12-33-35(13-19)22(25)26/h2-5,8-13,22H,6-7H2,1H3,(H,31,32,34). The average molecular weight is 502 g/mol. The van der Waals surface area contributed by atoms with E-state index >= 15 is 0 Å². The van der Waals surface area contributed by atoms with Crippen molar-refractivity contribution < 1.29 is 26.7 Å². The molecule has 0 saturated heterocycles. The molecule has 186 valence electrons. The highest BCUT2D eigenvalue weighted by molar-refractivity contribution is 5.83. The van der Waals surface area contributed by atoms with Crippen LogP contribution in [0.5, 0.6) is 0 Å². The number of aryl methyl sites for hydroxylation is 1. The number of hydrogen-bond donors (Lipinski definition) is 1. The number of benzene rings is 1. The van der Waals surface area contributed by atoms with Gasteiger partial charge in [-0.15, -0.1) is 0 Å². The highest BCUT2D eigenvalue weighted by atomic mass is 19.4. The van der Waals surface area contributed by atoms with Gasteiger partial charge < -0.3 is 5.32 Å². The number of carbonyl (C=O) groups excluding carboxylic acids is 1. The number of Topliss-reactive ketones (excluding diaryl/α,β-unsaturated/α-hetero) is 1. The number of nitrogens with one attached hydrogen (secondary N) is 1. The monoisotopic (exact) mass is 502 g/mol. The van der Waals surface area contributed by atoms with Crippen LogP contribution in [0.15, 0.2) is 61.3 Å². The molecule has 4 aromatic rings. The lowest BCUT2D eigenvalue weighted by atomic mass is 10.00. The molecule has 0 amide bonds. The molecule has 3 aromatic heterocycles. The fourth-order valence-corrected chi connectivity index (χ4v) is 3.47. The molecule has 4 rings (SSSR count). The van der Waals surface area contributed by atoms with Crippen molar-refractivity contribution in [1.29, 1.82) is 0 Å². The molecule has 0 unspecified atom stereocenters. The molecule has 12 heteroatoms. The Labute approximate surface area is 202 Å². The zero-order valence-corrected chi connectivity index (χ0v) is 18.8. The van der Waals surface area contributed by atoms with Crippen LogP contribution in [0.4, 0.5) is 33.6 Å². The first kappa shape index (κ1) is 24.9. The molecule has 0 aliphatic carbocycles. The molecule has 0 spiro atoms. The summed E-state index contributed by atoms with van der Waals surface area (Å²) < 4.78 is 64.9. The Morgan fingerprint density at radius 2 is 1.61 bits per heavy atom. The van der Waals surface area contributed by atoms with Gasteiger partial charge in [0.1, 0.15) is 5.78 Å². The minimum absolute atomic E-state index is 0.0567. The zero-order chi connectivity index (χ0) is 25.9. The van der Waals surface area contributed by atoms with Crippen LogP contribution in [0.3, 0.4) is 0 Å². The first-order valence-corrected chi connectivity index (χ1v) is 10.6. The van der Waals surface area contributed by atoms with Gasteiger partial charge in [-0.05, 0) is 29.7 Å². The lowest BCUT2D eigenvalue weighted by molar-refractivity contribution is -0.138. The van der Waals surface area contributed by atoms with Crippen molar-refractivity contribution in [3.05, 3.63) is 83.7 Å². The predicted molar refractivity (Wildman–Crippen MR) is 121 cm³/mol. The Balaban J connectivity index is 1.36. The summed E-state index contributed by atoms with van der Waals surface area (Å²) in [6.45, 7) is -1.47. The van der Waals surface area contributed by atoms with E-state index in [1.807, 2.05) is 0 Å². The Morgan fingerprint density at radius 1 is 0.944 bits per heavy atom. The highest BCUT2D eigenvalue weighted by Gasteiger charge is 2.33. The van der Waals surface area contributed by atoms with Crippen molar-refractivity contribution in [1.82, 2.24) is 24.7 Å². The van der Waals surface area contributed by atoms with Crippen LogP contribution in [-0.2, 0) is 23.8 Å². The fourth-order valence-electron chi connectivity index (χ4n) is 3.47. The van der Waals surface area contributed by atoms with Gasteiger partial charge in [0.05, 0.1) is 23.6 Å². The molecule has 36 heavy (non-hydrogen) atoms. The van der Waals surface area contributed by atoms with Gasteiger partial charge in [-0.1, -0.05) is 24.3 Å². The number of hydrogen-bond acceptors (Lipinski definition) is 6. The molecule has 1 N–H and O–H groups in total. The molecule has 1 aromatic carbocycles. The number of pyridine rings is 1. The molecule has 0 radical (unpaired) electrons. The lowest BCUT2D eigenvalue weighted by Gasteiger charge is -2.11. The Bertz CT molecular complexity index is 1350. The first-order chi connectivity index (χ1) is 17.1. The summed E-state index contributed by atoms with van der Waals surface area (Å²) in [4.78, 5) is 24.5. The second-order valence-corrected chi connectivity index (χ2v) is 7.97. The number of nitrogens with zero attached hydrogens (tertiary/aromatic N) is 5. The summed E-state index contributed by atoms with van der Waals surface area (Å²) in [6, 6.07) is 8.00. The third kappa shape index (κ3) is 6.06. The Kier molecular flexibility index (Phi) is 7.04. The molecular formula is C24H19F5N6O. The van der Waals surface area contributed by atoms with Crippen LogP contribution in [0.2, 0.25) is 0 Å². The summed E-state index contributed by atoms with van der Waals surface area (Å²) in [7, 11) is 0. The molecule has 0 saturated carbocycles. The van der Waals surface area contributed by atoms with Crippen molar-refractivity contribution in [2.45, 2.75) is 32.5 Å². The third-order valence-corrected chi connectivity index (χ3v) is 5.25. The Morgan fingerprint density at radius 3 is 2.22 bits per heavy atom. The van der Waals surface area contributed by atoms with Gasteiger partial charge >= 0.3 is 12.7 Å². The van der Waals surface area contributed by atoms with Crippen LogP contribution in [0.25, 0.3) is 11.1 Å². The lowest BCUT2D eigenvalue weighted by Crippen LogP contribution is -2.12. The summed E-state index contributed by atoms with van der Waals surface area (Å²) in [6.07, 6.45) is 2.13. The van der Waals surface area contributed by atoms with Crippen LogP contribution < -0.4 is 5.32 Å².